The van der Waals surface area contributed by atoms with Crippen molar-refractivity contribution in [2.75, 3.05) is 10.6 Å². The van der Waals surface area contributed by atoms with Crippen molar-refractivity contribution in [1.82, 2.24) is 15.0 Å². The molecule has 1 amide bonds. The fourth-order valence-corrected chi connectivity index (χ4v) is 4.28. The molecule has 1 aliphatic carbocycles. The van der Waals surface area contributed by atoms with E-state index in [1.165, 1.54) is 17.5 Å². The number of para-hydroxylation sites is 1. The van der Waals surface area contributed by atoms with Gasteiger partial charge in [0.05, 0.1) is 28.7 Å². The molecule has 0 saturated carbocycles. The summed E-state index contributed by atoms with van der Waals surface area (Å²) in [4.78, 5) is 37.3. The quantitative estimate of drug-likeness (QED) is 0.412. The molecular formula is C23H19N5O2S. The zero-order valence-corrected chi connectivity index (χ0v) is 17.3. The van der Waals surface area contributed by atoms with Crippen LogP contribution in [0.1, 0.15) is 38.6 Å². The predicted molar refractivity (Wildman–Crippen MR) is 121 cm³/mol. The number of aromatic amines is 1. The number of thiazole rings is 1. The van der Waals surface area contributed by atoms with Crippen molar-refractivity contribution in [3.63, 3.8) is 0 Å². The Morgan fingerprint density at radius 3 is 2.81 bits per heavy atom. The molecule has 0 saturated heterocycles. The highest BCUT2D eigenvalue weighted by Gasteiger charge is 2.27. The number of carbonyl (C=O) groups excluding carboxylic acids is 2. The maximum atomic E-state index is 12.8. The van der Waals surface area contributed by atoms with Crippen LogP contribution in [0, 0.1) is 0 Å². The Kier molecular flexibility index (Phi) is 5.05. The van der Waals surface area contributed by atoms with Crippen molar-refractivity contribution in [2.24, 2.45) is 0 Å². The van der Waals surface area contributed by atoms with Crippen LogP contribution in [-0.2, 0) is 6.42 Å². The zero-order chi connectivity index (χ0) is 21.2. The Morgan fingerprint density at radius 1 is 1.13 bits per heavy atom. The van der Waals surface area contributed by atoms with Gasteiger partial charge < -0.3 is 15.6 Å². The van der Waals surface area contributed by atoms with Crippen molar-refractivity contribution < 1.29 is 9.59 Å². The third-order valence-corrected chi connectivity index (χ3v) is 5.95. The van der Waals surface area contributed by atoms with Gasteiger partial charge in [-0.25, -0.2) is 4.98 Å². The first-order chi connectivity index (χ1) is 15.2. The second-order valence-corrected chi connectivity index (χ2v) is 8.13. The van der Waals surface area contributed by atoms with Crippen LogP contribution in [0.15, 0.2) is 60.4 Å². The summed E-state index contributed by atoms with van der Waals surface area (Å²) in [5.74, 6) is 0.311. The number of rotatable bonds is 5. The summed E-state index contributed by atoms with van der Waals surface area (Å²) in [6.07, 6.45) is 5.37. The minimum Gasteiger partial charge on any atom is -0.356 e. The van der Waals surface area contributed by atoms with Gasteiger partial charge in [-0.2, -0.15) is 0 Å². The molecule has 154 valence electrons. The number of carbonyl (C=O) groups is 2. The molecule has 3 aromatic heterocycles. The van der Waals surface area contributed by atoms with E-state index < -0.39 is 0 Å². The average molecular weight is 430 g/mol. The van der Waals surface area contributed by atoms with E-state index in [1.807, 2.05) is 36.4 Å². The van der Waals surface area contributed by atoms with Gasteiger partial charge >= 0.3 is 0 Å². The Bertz CT molecular complexity index is 1250. The zero-order valence-electron chi connectivity index (χ0n) is 16.5. The van der Waals surface area contributed by atoms with E-state index in [0.29, 0.717) is 17.1 Å². The second kappa shape index (κ2) is 8.16. The van der Waals surface area contributed by atoms with Crippen molar-refractivity contribution in [3.8, 4) is 11.3 Å². The first kappa shape index (κ1) is 19.2. The molecule has 0 radical (unpaired) electrons. The number of hydrogen-bond donors (Lipinski definition) is 3. The Morgan fingerprint density at radius 2 is 2.00 bits per heavy atom. The van der Waals surface area contributed by atoms with E-state index in [2.05, 4.69) is 25.6 Å². The van der Waals surface area contributed by atoms with E-state index in [4.69, 9.17) is 0 Å². The molecule has 0 fully saturated rings. The van der Waals surface area contributed by atoms with Crippen LogP contribution in [0.3, 0.4) is 0 Å². The molecule has 0 aliphatic heterocycles. The topological polar surface area (TPSA) is 99.8 Å². The maximum Gasteiger partial charge on any atom is 0.268 e. The molecular weight excluding hydrogens is 410 g/mol. The molecule has 1 aliphatic rings. The summed E-state index contributed by atoms with van der Waals surface area (Å²) < 4.78 is 0. The SMILES string of the molecule is O=C(Nc1cc(-c2[nH]c3c(c2Nc2ccccc2)C(=O)CCC3)ccn1)c1cncs1. The normalized spacial score (nSPS) is 13.0. The lowest BCUT2D eigenvalue weighted by Gasteiger charge is -2.14. The van der Waals surface area contributed by atoms with E-state index in [-0.39, 0.29) is 11.7 Å². The average Bonchev–Trinajstić information content (AvgIpc) is 3.44. The number of aromatic nitrogens is 3. The largest absolute Gasteiger partial charge is 0.356 e. The Balaban J connectivity index is 1.54. The summed E-state index contributed by atoms with van der Waals surface area (Å²) in [5.41, 5.74) is 6.57. The lowest BCUT2D eigenvalue weighted by molar-refractivity contribution is 0.0972. The van der Waals surface area contributed by atoms with Gasteiger partial charge in [0.1, 0.15) is 10.7 Å². The fraction of sp³-hybridized carbons (Fsp3) is 0.130. The van der Waals surface area contributed by atoms with Gasteiger partial charge in [0.15, 0.2) is 5.78 Å². The summed E-state index contributed by atoms with van der Waals surface area (Å²) in [5, 5.41) is 6.24. The summed E-state index contributed by atoms with van der Waals surface area (Å²) in [6.45, 7) is 0. The summed E-state index contributed by atoms with van der Waals surface area (Å²) in [6, 6.07) is 13.4. The van der Waals surface area contributed by atoms with Gasteiger partial charge in [-0.05, 0) is 37.1 Å². The van der Waals surface area contributed by atoms with Crippen LogP contribution in [0.4, 0.5) is 17.2 Å². The first-order valence-corrected chi connectivity index (χ1v) is 10.8. The number of ketones is 1. The smallest absolute Gasteiger partial charge is 0.268 e. The fourth-order valence-electron chi connectivity index (χ4n) is 3.77. The highest BCUT2D eigenvalue weighted by Crippen LogP contribution is 2.39. The molecule has 31 heavy (non-hydrogen) atoms. The number of fused-ring (bicyclic) bond motifs is 1. The molecule has 7 nitrogen and oxygen atoms in total. The molecule has 3 heterocycles. The lowest BCUT2D eigenvalue weighted by atomic mass is 9.95. The van der Waals surface area contributed by atoms with Crippen LogP contribution >= 0.6 is 11.3 Å². The summed E-state index contributed by atoms with van der Waals surface area (Å²) in [7, 11) is 0. The molecule has 3 N–H and O–H groups in total. The number of aryl methyl sites for hydroxylation is 1. The number of pyridine rings is 1. The molecule has 0 atom stereocenters. The number of amides is 1. The van der Waals surface area contributed by atoms with E-state index in [9.17, 15) is 9.59 Å². The molecule has 4 aromatic rings. The number of Topliss-reactive ketones (excluding diaryl/α,β-unsaturated/α-hetero) is 1. The van der Waals surface area contributed by atoms with Crippen LogP contribution in [0.25, 0.3) is 11.3 Å². The van der Waals surface area contributed by atoms with Gasteiger partial charge in [0.25, 0.3) is 5.91 Å². The van der Waals surface area contributed by atoms with Gasteiger partial charge in [-0.15, -0.1) is 11.3 Å². The number of hydrogen-bond acceptors (Lipinski definition) is 6. The Hall–Kier alpha value is -3.78. The number of nitrogens with one attached hydrogen (secondary N) is 3. The number of benzene rings is 1. The molecule has 0 unspecified atom stereocenters. The van der Waals surface area contributed by atoms with Crippen LogP contribution in [0.2, 0.25) is 0 Å². The third kappa shape index (κ3) is 3.85. The summed E-state index contributed by atoms with van der Waals surface area (Å²) >= 11 is 1.27. The molecule has 0 spiro atoms. The van der Waals surface area contributed by atoms with E-state index in [0.717, 1.165) is 46.7 Å². The van der Waals surface area contributed by atoms with Crippen molar-refractivity contribution >= 4 is 40.2 Å². The van der Waals surface area contributed by atoms with Gasteiger partial charge in [0.2, 0.25) is 0 Å². The highest BCUT2D eigenvalue weighted by molar-refractivity contribution is 7.11. The van der Waals surface area contributed by atoms with Crippen molar-refractivity contribution in [1.29, 1.82) is 0 Å². The predicted octanol–water partition coefficient (Wildman–Crippen LogP) is 5.05. The maximum absolute atomic E-state index is 12.8. The number of nitrogens with zero attached hydrogens (tertiary/aromatic N) is 2. The highest BCUT2D eigenvalue weighted by atomic mass is 32.1. The van der Waals surface area contributed by atoms with Gasteiger partial charge in [-0.3, -0.25) is 14.6 Å². The minimum absolute atomic E-state index is 0.134. The minimum atomic E-state index is -0.254. The van der Waals surface area contributed by atoms with Crippen molar-refractivity contribution in [2.45, 2.75) is 19.3 Å². The Labute approximate surface area is 182 Å². The van der Waals surface area contributed by atoms with Gasteiger partial charge in [0, 0.05) is 29.6 Å². The molecule has 0 bridgehead atoms. The van der Waals surface area contributed by atoms with Crippen LogP contribution in [0.5, 0.6) is 0 Å². The van der Waals surface area contributed by atoms with E-state index in [1.54, 1.807) is 17.8 Å². The lowest BCUT2D eigenvalue weighted by Crippen LogP contribution is -2.11. The molecule has 5 rings (SSSR count). The molecule has 8 heteroatoms. The van der Waals surface area contributed by atoms with Crippen molar-refractivity contribution in [3.05, 3.63) is 76.5 Å². The second-order valence-electron chi connectivity index (χ2n) is 7.25. The first-order valence-electron chi connectivity index (χ1n) is 9.95. The third-order valence-electron chi connectivity index (χ3n) is 5.18. The standard InChI is InChI=1S/C23H19N5O2S/c29-17-8-4-7-16-20(17)22(26-15-5-2-1-3-6-15)21(27-16)14-9-10-25-19(11-14)28-23(30)18-12-24-13-31-18/h1-3,5-6,9-13,26-27H,4,7-8H2,(H,25,28,30). The number of H-pyrrole nitrogens is 1. The van der Waals surface area contributed by atoms with E-state index >= 15 is 0 Å². The van der Waals surface area contributed by atoms with Crippen LogP contribution in [-0.4, -0.2) is 26.6 Å². The van der Waals surface area contributed by atoms with Crippen LogP contribution < -0.4 is 10.6 Å². The van der Waals surface area contributed by atoms with Gasteiger partial charge in [-0.1, -0.05) is 18.2 Å². The monoisotopic (exact) mass is 429 g/mol. The molecule has 1 aromatic carbocycles. The number of anilines is 3.